The van der Waals surface area contributed by atoms with Crippen molar-refractivity contribution in [2.24, 2.45) is 5.92 Å². The van der Waals surface area contributed by atoms with Crippen LogP contribution in [-0.4, -0.2) is 44.7 Å². The van der Waals surface area contributed by atoms with Gasteiger partial charge in [0.15, 0.2) is 0 Å². The van der Waals surface area contributed by atoms with Gasteiger partial charge in [-0.3, -0.25) is 4.90 Å². The summed E-state index contributed by atoms with van der Waals surface area (Å²) in [5, 5.41) is 0. The van der Waals surface area contributed by atoms with Crippen molar-refractivity contribution in [2.45, 2.75) is 46.5 Å². The van der Waals surface area contributed by atoms with Crippen LogP contribution in [0.15, 0.2) is 18.2 Å². The highest BCUT2D eigenvalue weighted by Gasteiger charge is 2.18. The van der Waals surface area contributed by atoms with Gasteiger partial charge in [0.05, 0.1) is 7.11 Å². The van der Waals surface area contributed by atoms with Gasteiger partial charge in [-0.05, 0) is 42.9 Å². The van der Waals surface area contributed by atoms with E-state index in [0.717, 1.165) is 24.8 Å². The van der Waals surface area contributed by atoms with Gasteiger partial charge >= 0.3 is 0 Å². The van der Waals surface area contributed by atoms with E-state index in [1.807, 2.05) is 0 Å². The van der Waals surface area contributed by atoms with Crippen LogP contribution in [0.4, 0.5) is 5.69 Å². The quantitative estimate of drug-likeness (QED) is 0.742. The van der Waals surface area contributed by atoms with Crippen LogP contribution in [-0.2, 0) is 0 Å². The maximum absolute atomic E-state index is 5.60. The second-order valence-corrected chi connectivity index (χ2v) is 7.45. The Morgan fingerprint density at radius 3 is 2.30 bits per heavy atom. The number of piperazine rings is 1. The highest BCUT2D eigenvalue weighted by Crippen LogP contribution is 2.31. The number of benzene rings is 1. The molecule has 1 saturated heterocycles. The van der Waals surface area contributed by atoms with E-state index in [0.29, 0.717) is 5.92 Å². The van der Waals surface area contributed by atoms with Gasteiger partial charge in [0.1, 0.15) is 5.75 Å². The van der Waals surface area contributed by atoms with Crippen molar-refractivity contribution in [3.63, 3.8) is 0 Å². The van der Waals surface area contributed by atoms with Gasteiger partial charge in [0.25, 0.3) is 0 Å². The molecule has 0 N–H and O–H groups in total. The number of methoxy groups -OCH3 is 1. The molecule has 130 valence electrons. The summed E-state index contributed by atoms with van der Waals surface area (Å²) >= 11 is 0. The van der Waals surface area contributed by atoms with E-state index in [1.54, 1.807) is 7.11 Å². The summed E-state index contributed by atoms with van der Waals surface area (Å²) in [6.45, 7) is 14.9. The Labute approximate surface area is 142 Å². The van der Waals surface area contributed by atoms with Crippen LogP contribution in [0.3, 0.4) is 0 Å². The molecule has 1 fully saturated rings. The Morgan fingerprint density at radius 1 is 1.04 bits per heavy atom. The molecule has 3 heteroatoms. The Kier molecular flexibility index (Phi) is 6.76. The van der Waals surface area contributed by atoms with Crippen molar-refractivity contribution in [3.05, 3.63) is 23.8 Å². The van der Waals surface area contributed by atoms with E-state index in [9.17, 15) is 0 Å². The lowest BCUT2D eigenvalue weighted by atomic mass is 10.0. The van der Waals surface area contributed by atoms with Crippen LogP contribution in [0.5, 0.6) is 5.75 Å². The monoisotopic (exact) mass is 318 g/mol. The summed E-state index contributed by atoms with van der Waals surface area (Å²) in [6.07, 6.45) is 2.67. The summed E-state index contributed by atoms with van der Waals surface area (Å²) in [7, 11) is 1.78. The van der Waals surface area contributed by atoms with Crippen LogP contribution < -0.4 is 9.64 Å². The largest absolute Gasteiger partial charge is 0.496 e. The van der Waals surface area contributed by atoms with Gasteiger partial charge in [0, 0.05) is 37.9 Å². The Bertz CT molecular complexity index is 477. The highest BCUT2D eigenvalue weighted by molar-refractivity contribution is 5.54. The first-order chi connectivity index (χ1) is 11.0. The molecule has 23 heavy (non-hydrogen) atoms. The average Bonchev–Trinajstić information content (AvgIpc) is 2.54. The molecule has 0 bridgehead atoms. The van der Waals surface area contributed by atoms with Gasteiger partial charge in [-0.25, -0.2) is 0 Å². The minimum atomic E-state index is 0.497. The summed E-state index contributed by atoms with van der Waals surface area (Å²) in [5.74, 6) is 2.34. The van der Waals surface area contributed by atoms with Gasteiger partial charge in [-0.2, -0.15) is 0 Å². The van der Waals surface area contributed by atoms with Gasteiger partial charge in [-0.15, -0.1) is 0 Å². The van der Waals surface area contributed by atoms with Gasteiger partial charge < -0.3 is 9.64 Å². The standard InChI is InChI=1S/C20H34N2O/c1-16(2)7-6-10-21-11-13-22(14-12-21)18-8-9-19(17(3)4)20(15-18)23-5/h8-9,15-17H,6-7,10-14H2,1-5H3. The summed E-state index contributed by atoms with van der Waals surface area (Å²) in [6, 6.07) is 6.70. The topological polar surface area (TPSA) is 15.7 Å². The highest BCUT2D eigenvalue weighted by atomic mass is 16.5. The maximum atomic E-state index is 5.60. The summed E-state index contributed by atoms with van der Waals surface area (Å²) in [4.78, 5) is 5.10. The van der Waals surface area contributed by atoms with Crippen LogP contribution in [0.25, 0.3) is 0 Å². The minimum absolute atomic E-state index is 0.497. The molecular formula is C20H34N2O. The molecule has 0 amide bonds. The van der Waals surface area contributed by atoms with Gasteiger partial charge in [-0.1, -0.05) is 33.8 Å². The predicted molar refractivity (Wildman–Crippen MR) is 99.8 cm³/mol. The second-order valence-electron chi connectivity index (χ2n) is 7.45. The Balaban J connectivity index is 1.90. The number of hydrogen-bond donors (Lipinski definition) is 0. The Morgan fingerprint density at radius 2 is 1.74 bits per heavy atom. The predicted octanol–water partition coefficient (Wildman–Crippen LogP) is 4.38. The molecule has 1 heterocycles. The van der Waals surface area contributed by atoms with E-state index < -0.39 is 0 Å². The summed E-state index contributed by atoms with van der Waals surface area (Å²) < 4.78 is 5.60. The fourth-order valence-corrected chi connectivity index (χ4v) is 3.33. The molecule has 1 aliphatic rings. The zero-order valence-electron chi connectivity index (χ0n) is 15.6. The van der Waals surface area contributed by atoms with Crippen molar-refractivity contribution in [3.8, 4) is 5.75 Å². The van der Waals surface area contributed by atoms with Crippen molar-refractivity contribution < 1.29 is 4.74 Å². The smallest absolute Gasteiger partial charge is 0.124 e. The molecule has 1 aromatic carbocycles. The van der Waals surface area contributed by atoms with E-state index in [2.05, 4.69) is 55.7 Å². The molecule has 0 unspecified atom stereocenters. The first-order valence-corrected chi connectivity index (χ1v) is 9.16. The third-order valence-electron chi connectivity index (χ3n) is 4.83. The van der Waals surface area contributed by atoms with E-state index in [-0.39, 0.29) is 0 Å². The number of nitrogens with zero attached hydrogens (tertiary/aromatic N) is 2. The molecule has 1 aromatic rings. The fourth-order valence-electron chi connectivity index (χ4n) is 3.33. The van der Waals surface area contributed by atoms with Crippen LogP contribution >= 0.6 is 0 Å². The molecule has 0 radical (unpaired) electrons. The second kappa shape index (κ2) is 8.58. The minimum Gasteiger partial charge on any atom is -0.496 e. The molecule has 0 aliphatic carbocycles. The molecule has 2 rings (SSSR count). The van der Waals surface area contributed by atoms with Crippen molar-refractivity contribution in [1.29, 1.82) is 0 Å². The third-order valence-corrected chi connectivity index (χ3v) is 4.83. The van der Waals surface area contributed by atoms with Gasteiger partial charge in [0.2, 0.25) is 0 Å². The number of ether oxygens (including phenoxy) is 1. The van der Waals surface area contributed by atoms with Crippen molar-refractivity contribution >= 4 is 5.69 Å². The van der Waals surface area contributed by atoms with Crippen LogP contribution in [0.2, 0.25) is 0 Å². The van der Waals surface area contributed by atoms with Crippen molar-refractivity contribution in [1.82, 2.24) is 4.90 Å². The fraction of sp³-hybridized carbons (Fsp3) is 0.700. The van der Waals surface area contributed by atoms with E-state index in [4.69, 9.17) is 4.74 Å². The first-order valence-electron chi connectivity index (χ1n) is 9.16. The van der Waals surface area contributed by atoms with Crippen LogP contribution in [0, 0.1) is 5.92 Å². The number of anilines is 1. The molecule has 0 spiro atoms. The van der Waals surface area contributed by atoms with E-state index in [1.165, 1.54) is 43.7 Å². The normalized spacial score (nSPS) is 16.4. The average molecular weight is 319 g/mol. The summed E-state index contributed by atoms with van der Waals surface area (Å²) in [5.41, 5.74) is 2.59. The zero-order valence-corrected chi connectivity index (χ0v) is 15.6. The molecule has 0 aromatic heterocycles. The Hall–Kier alpha value is -1.22. The molecular weight excluding hydrogens is 284 g/mol. The lowest BCUT2D eigenvalue weighted by Gasteiger charge is -2.36. The first kappa shape index (κ1) is 18.1. The molecule has 1 aliphatic heterocycles. The lowest BCUT2D eigenvalue weighted by molar-refractivity contribution is 0.248. The molecule has 3 nitrogen and oxygen atoms in total. The van der Waals surface area contributed by atoms with Crippen LogP contribution in [0.1, 0.15) is 52.0 Å². The molecule has 0 saturated carbocycles. The molecule has 0 atom stereocenters. The zero-order chi connectivity index (χ0) is 16.8. The maximum Gasteiger partial charge on any atom is 0.124 e. The van der Waals surface area contributed by atoms with Crippen molar-refractivity contribution in [2.75, 3.05) is 44.7 Å². The number of rotatable bonds is 7. The third kappa shape index (κ3) is 5.13. The lowest BCUT2D eigenvalue weighted by Crippen LogP contribution is -2.46. The SMILES string of the molecule is COc1cc(N2CCN(CCCC(C)C)CC2)ccc1C(C)C. The number of hydrogen-bond acceptors (Lipinski definition) is 3. The van der Waals surface area contributed by atoms with E-state index >= 15 is 0 Å².